The maximum absolute atomic E-state index is 13.6. The number of carbonyl (C=O) groups is 1. The summed E-state index contributed by atoms with van der Waals surface area (Å²) < 4.78 is 11.0. The van der Waals surface area contributed by atoms with Gasteiger partial charge >= 0.3 is 0 Å². The number of amides is 1. The SMILES string of the molecule is CO[C@@H](c1cc(Cl)c2c(c1Cl)C(=O)N(Cc1c(=O)[nH]c(C)c3[nH]ccc13)CC2)C1COC1. The van der Waals surface area contributed by atoms with Gasteiger partial charge in [-0.1, -0.05) is 23.2 Å². The van der Waals surface area contributed by atoms with Crippen LogP contribution in [0.3, 0.4) is 0 Å². The topological polar surface area (TPSA) is 87.4 Å². The van der Waals surface area contributed by atoms with E-state index in [2.05, 4.69) is 9.97 Å². The molecule has 3 aromatic rings. The molecular formula is C23H23Cl2N3O4. The minimum absolute atomic E-state index is 0.161. The van der Waals surface area contributed by atoms with Crippen LogP contribution in [0.15, 0.2) is 23.1 Å². The molecule has 2 N–H and O–H groups in total. The Bertz CT molecular complexity index is 1280. The molecule has 0 radical (unpaired) electrons. The monoisotopic (exact) mass is 475 g/mol. The third-order valence-corrected chi connectivity index (χ3v) is 7.25. The second-order valence-corrected chi connectivity index (χ2v) is 9.15. The van der Waals surface area contributed by atoms with Gasteiger partial charge in [0, 0.05) is 53.0 Å². The summed E-state index contributed by atoms with van der Waals surface area (Å²) in [6.07, 6.45) is 2.05. The fourth-order valence-electron chi connectivity index (χ4n) is 4.73. The van der Waals surface area contributed by atoms with Gasteiger partial charge < -0.3 is 24.3 Å². The summed E-state index contributed by atoms with van der Waals surface area (Å²) in [7, 11) is 1.62. The van der Waals surface area contributed by atoms with E-state index in [1.165, 1.54) is 0 Å². The Morgan fingerprint density at radius 2 is 2.09 bits per heavy atom. The van der Waals surface area contributed by atoms with Crippen molar-refractivity contribution in [1.82, 2.24) is 14.9 Å². The summed E-state index contributed by atoms with van der Waals surface area (Å²) in [5, 5.41) is 1.69. The molecule has 1 atom stereocenters. The Labute approximate surface area is 194 Å². The maximum atomic E-state index is 13.6. The van der Waals surface area contributed by atoms with E-state index >= 15 is 0 Å². The Hall–Kier alpha value is -2.32. The molecule has 4 heterocycles. The quantitative estimate of drug-likeness (QED) is 0.583. The second-order valence-electron chi connectivity index (χ2n) is 8.37. The maximum Gasteiger partial charge on any atom is 0.256 e. The van der Waals surface area contributed by atoms with Crippen molar-refractivity contribution in [1.29, 1.82) is 0 Å². The summed E-state index contributed by atoms with van der Waals surface area (Å²) in [6.45, 7) is 3.63. The van der Waals surface area contributed by atoms with Crippen LogP contribution >= 0.6 is 23.2 Å². The van der Waals surface area contributed by atoms with E-state index in [0.29, 0.717) is 52.9 Å². The number of ether oxygens (including phenoxy) is 2. The summed E-state index contributed by atoms with van der Waals surface area (Å²) in [5.41, 5.74) is 3.81. The van der Waals surface area contributed by atoms with Gasteiger partial charge in [-0.3, -0.25) is 9.59 Å². The molecule has 5 rings (SSSR count). The lowest BCUT2D eigenvalue weighted by Gasteiger charge is -2.35. The zero-order valence-corrected chi connectivity index (χ0v) is 19.3. The zero-order valence-electron chi connectivity index (χ0n) is 17.8. The molecule has 2 aliphatic heterocycles. The van der Waals surface area contributed by atoms with Crippen LogP contribution in [0.5, 0.6) is 0 Å². The number of aromatic nitrogens is 2. The van der Waals surface area contributed by atoms with Crippen LogP contribution in [0.25, 0.3) is 10.9 Å². The molecule has 32 heavy (non-hydrogen) atoms. The van der Waals surface area contributed by atoms with Crippen LogP contribution in [-0.4, -0.2) is 47.6 Å². The number of hydrogen-bond acceptors (Lipinski definition) is 4. The summed E-state index contributed by atoms with van der Waals surface area (Å²) in [4.78, 5) is 34.0. The molecule has 2 aliphatic rings. The lowest BCUT2D eigenvalue weighted by molar-refractivity contribution is -0.105. The number of nitrogens with zero attached hydrogens (tertiary/aromatic N) is 1. The van der Waals surface area contributed by atoms with Crippen LogP contribution in [0.4, 0.5) is 0 Å². The first-order chi connectivity index (χ1) is 15.4. The van der Waals surface area contributed by atoms with Crippen molar-refractivity contribution in [3.63, 3.8) is 0 Å². The fraction of sp³-hybridized carbons (Fsp3) is 0.391. The summed E-state index contributed by atoms with van der Waals surface area (Å²) in [5.74, 6) is -0.0715. The van der Waals surface area contributed by atoms with E-state index in [4.69, 9.17) is 32.7 Å². The van der Waals surface area contributed by atoms with Gasteiger partial charge in [0.05, 0.1) is 42.0 Å². The molecule has 0 unspecified atom stereocenters. The van der Waals surface area contributed by atoms with E-state index in [9.17, 15) is 9.59 Å². The number of H-pyrrole nitrogens is 2. The summed E-state index contributed by atoms with van der Waals surface area (Å²) >= 11 is 13.4. The smallest absolute Gasteiger partial charge is 0.256 e. The number of rotatable bonds is 5. The first-order valence-corrected chi connectivity index (χ1v) is 11.3. The van der Waals surface area contributed by atoms with Gasteiger partial charge in [-0.15, -0.1) is 0 Å². The van der Waals surface area contributed by atoms with Gasteiger partial charge in [0.1, 0.15) is 0 Å². The molecule has 0 saturated carbocycles. The number of aromatic amines is 2. The standard InChI is InChI=1S/C23H23Cl2N3O4/c1-11-20-13(3-5-26-20)16(22(29)27-11)8-28-6-4-14-17(24)7-15(19(25)18(14)23(28)30)21(31-2)12-9-32-10-12/h3,5,7,12,21,26H,4,6,8-10H2,1-2H3,(H,27,29)/t21-/m1/s1. The summed E-state index contributed by atoms with van der Waals surface area (Å²) in [6, 6.07) is 3.67. The number of aryl methyl sites for hydroxylation is 1. The molecular weight excluding hydrogens is 453 g/mol. The molecule has 1 amide bonds. The van der Waals surface area contributed by atoms with Crippen LogP contribution in [0.2, 0.25) is 10.0 Å². The highest BCUT2D eigenvalue weighted by Gasteiger charge is 2.36. The van der Waals surface area contributed by atoms with Crippen LogP contribution in [-0.2, 0) is 22.4 Å². The van der Waals surface area contributed by atoms with Crippen molar-refractivity contribution in [2.24, 2.45) is 5.92 Å². The Morgan fingerprint density at radius 1 is 1.31 bits per heavy atom. The number of benzene rings is 1. The van der Waals surface area contributed by atoms with Crippen LogP contribution in [0.1, 0.15) is 38.8 Å². The number of pyridine rings is 1. The molecule has 7 nitrogen and oxygen atoms in total. The highest BCUT2D eigenvalue weighted by molar-refractivity contribution is 6.37. The van der Waals surface area contributed by atoms with Gasteiger partial charge in [0.25, 0.3) is 11.5 Å². The first-order valence-electron chi connectivity index (χ1n) is 10.5. The molecule has 1 saturated heterocycles. The van der Waals surface area contributed by atoms with E-state index in [1.54, 1.807) is 18.2 Å². The fourth-order valence-corrected chi connectivity index (χ4v) is 5.39. The van der Waals surface area contributed by atoms with Crippen molar-refractivity contribution < 1.29 is 14.3 Å². The zero-order chi connectivity index (χ0) is 22.6. The Morgan fingerprint density at radius 3 is 2.78 bits per heavy atom. The molecule has 0 aliphatic carbocycles. The lowest BCUT2D eigenvalue weighted by atomic mass is 9.89. The normalized spacial score (nSPS) is 17.5. The average Bonchev–Trinajstić information content (AvgIpc) is 3.22. The van der Waals surface area contributed by atoms with Crippen molar-refractivity contribution in [2.75, 3.05) is 26.9 Å². The van der Waals surface area contributed by atoms with Crippen molar-refractivity contribution >= 4 is 40.0 Å². The number of fused-ring (bicyclic) bond motifs is 2. The number of halogens is 2. The van der Waals surface area contributed by atoms with Crippen molar-refractivity contribution in [2.45, 2.75) is 26.0 Å². The van der Waals surface area contributed by atoms with Crippen LogP contribution < -0.4 is 5.56 Å². The third-order valence-electron chi connectivity index (χ3n) is 6.50. The number of methoxy groups -OCH3 is 1. The van der Waals surface area contributed by atoms with E-state index in [0.717, 1.165) is 22.2 Å². The molecule has 0 bridgehead atoms. The molecule has 1 fully saturated rings. The van der Waals surface area contributed by atoms with E-state index in [1.807, 2.05) is 19.1 Å². The molecule has 0 spiro atoms. The van der Waals surface area contributed by atoms with Gasteiger partial charge in [-0.2, -0.15) is 0 Å². The lowest BCUT2D eigenvalue weighted by Crippen LogP contribution is -2.39. The number of hydrogen-bond donors (Lipinski definition) is 2. The predicted octanol–water partition coefficient (Wildman–Crippen LogP) is 4.00. The van der Waals surface area contributed by atoms with Gasteiger partial charge in [-0.25, -0.2) is 0 Å². The molecule has 168 valence electrons. The van der Waals surface area contributed by atoms with Crippen molar-refractivity contribution in [3.8, 4) is 0 Å². The number of carbonyl (C=O) groups excluding carboxylic acids is 1. The Balaban J connectivity index is 1.54. The molecule has 9 heteroatoms. The average molecular weight is 476 g/mol. The van der Waals surface area contributed by atoms with Crippen LogP contribution in [0, 0.1) is 12.8 Å². The molecule has 1 aromatic carbocycles. The van der Waals surface area contributed by atoms with Gasteiger partial charge in [0.15, 0.2) is 0 Å². The number of nitrogens with one attached hydrogen (secondary N) is 2. The Kier molecular flexibility index (Phi) is 5.53. The van der Waals surface area contributed by atoms with E-state index < -0.39 is 0 Å². The highest BCUT2D eigenvalue weighted by atomic mass is 35.5. The minimum Gasteiger partial charge on any atom is -0.380 e. The van der Waals surface area contributed by atoms with Gasteiger partial charge in [0.2, 0.25) is 0 Å². The first kappa shape index (κ1) is 21.5. The molecule has 2 aromatic heterocycles. The largest absolute Gasteiger partial charge is 0.380 e. The minimum atomic E-state index is -0.304. The van der Waals surface area contributed by atoms with Gasteiger partial charge in [-0.05, 0) is 31.0 Å². The second kappa shape index (κ2) is 8.23. The van der Waals surface area contributed by atoms with E-state index in [-0.39, 0.29) is 30.0 Å². The highest BCUT2D eigenvalue weighted by Crippen LogP contribution is 2.42. The van der Waals surface area contributed by atoms with Crippen molar-refractivity contribution in [3.05, 3.63) is 66.7 Å². The predicted molar refractivity (Wildman–Crippen MR) is 123 cm³/mol. The third kappa shape index (κ3) is 3.35.